The quantitative estimate of drug-likeness (QED) is 0.430. The largest absolute Gasteiger partial charge is 0.480 e. The van der Waals surface area contributed by atoms with Crippen LogP contribution in [0.4, 0.5) is 4.79 Å². The molecule has 0 spiro atoms. The molecule has 7 nitrogen and oxygen atoms in total. The number of aliphatic carboxylic acids is 1. The lowest BCUT2D eigenvalue weighted by atomic mass is 10.2. The number of hydrogen-bond acceptors (Lipinski definition) is 4. The number of amides is 3. The third-order valence-electron chi connectivity index (χ3n) is 1.60. The molecule has 0 fully saturated rings. The number of carbonyl (C=O) groups is 3. The van der Waals surface area contributed by atoms with Gasteiger partial charge in [-0.2, -0.15) is 11.8 Å². The highest BCUT2D eigenvalue weighted by molar-refractivity contribution is 7.98. The van der Waals surface area contributed by atoms with Crippen molar-refractivity contribution in [1.82, 2.24) is 10.6 Å². The van der Waals surface area contributed by atoms with Crippen LogP contribution < -0.4 is 16.4 Å². The molecule has 0 unspecified atom stereocenters. The van der Waals surface area contributed by atoms with Gasteiger partial charge < -0.3 is 21.5 Å². The van der Waals surface area contributed by atoms with Gasteiger partial charge in [-0.05, 0) is 6.26 Å². The first kappa shape index (κ1) is 14.6. The molecular formula is C8H15N3O4S. The summed E-state index contributed by atoms with van der Waals surface area (Å²) in [5, 5.41) is 13.3. The molecule has 0 radical (unpaired) electrons. The van der Waals surface area contributed by atoms with E-state index in [2.05, 4.69) is 10.6 Å². The van der Waals surface area contributed by atoms with Crippen molar-refractivity contribution in [2.75, 3.05) is 18.6 Å². The highest BCUT2D eigenvalue weighted by Gasteiger charge is 2.21. The maximum atomic E-state index is 11.2. The number of hydrogen-bond donors (Lipinski definition) is 4. The van der Waals surface area contributed by atoms with Crippen molar-refractivity contribution < 1.29 is 19.5 Å². The minimum atomic E-state index is -1.29. The Morgan fingerprint density at radius 2 is 2.06 bits per heavy atom. The van der Waals surface area contributed by atoms with Crippen LogP contribution in [0.15, 0.2) is 0 Å². The van der Waals surface area contributed by atoms with E-state index in [4.69, 9.17) is 10.8 Å². The number of carbonyl (C=O) groups excluding carboxylic acids is 2. The van der Waals surface area contributed by atoms with E-state index in [-0.39, 0.29) is 0 Å². The van der Waals surface area contributed by atoms with E-state index in [0.717, 1.165) is 5.75 Å². The van der Waals surface area contributed by atoms with Gasteiger partial charge in [0, 0.05) is 12.3 Å². The van der Waals surface area contributed by atoms with Gasteiger partial charge in [-0.1, -0.05) is 0 Å². The molecule has 0 saturated carbocycles. The van der Waals surface area contributed by atoms with E-state index in [1.54, 1.807) is 11.8 Å². The molecule has 0 aromatic heterocycles. The van der Waals surface area contributed by atoms with Crippen LogP contribution in [0, 0.1) is 0 Å². The van der Waals surface area contributed by atoms with Gasteiger partial charge >= 0.3 is 12.0 Å². The molecule has 8 heteroatoms. The number of urea groups is 1. The first-order valence-corrected chi connectivity index (χ1v) is 5.91. The van der Waals surface area contributed by atoms with Crippen molar-refractivity contribution in [3.05, 3.63) is 0 Å². The molecule has 0 bridgehead atoms. The highest BCUT2D eigenvalue weighted by Crippen LogP contribution is 1.92. The zero-order chi connectivity index (χ0) is 12.6. The molecular weight excluding hydrogens is 234 g/mol. The highest BCUT2D eigenvalue weighted by atomic mass is 32.2. The molecule has 0 aliphatic rings. The van der Waals surface area contributed by atoms with Gasteiger partial charge in [0.25, 0.3) is 0 Å². The fraction of sp³-hybridized carbons (Fsp3) is 0.625. The average molecular weight is 249 g/mol. The third-order valence-corrected chi connectivity index (χ3v) is 2.21. The molecule has 1 atom stereocenters. The number of thioether (sulfide) groups is 1. The molecule has 0 aromatic carbocycles. The standard InChI is InChI=1S/C8H15N3O4S/c1-16-3-2-10-8(15)11-5(7(13)14)4-6(9)12/h5H,2-4H2,1H3,(H2,9,12)(H,13,14)(H2,10,11,15)/t5-/m1/s1. The summed E-state index contributed by atoms with van der Waals surface area (Å²) in [6.45, 7) is 0.426. The van der Waals surface area contributed by atoms with Gasteiger partial charge in [-0.25, -0.2) is 9.59 Å². The van der Waals surface area contributed by atoms with E-state index in [9.17, 15) is 14.4 Å². The van der Waals surface area contributed by atoms with Crippen LogP contribution in [0.3, 0.4) is 0 Å². The van der Waals surface area contributed by atoms with Gasteiger partial charge in [0.15, 0.2) is 0 Å². The predicted octanol–water partition coefficient (Wildman–Crippen LogP) is -1.02. The van der Waals surface area contributed by atoms with Gasteiger partial charge in [-0.3, -0.25) is 4.79 Å². The zero-order valence-electron chi connectivity index (χ0n) is 8.86. The van der Waals surface area contributed by atoms with Crippen molar-refractivity contribution in [2.45, 2.75) is 12.5 Å². The third kappa shape index (κ3) is 6.93. The van der Waals surface area contributed by atoms with E-state index < -0.39 is 30.4 Å². The predicted molar refractivity (Wildman–Crippen MR) is 60.2 cm³/mol. The molecule has 0 aromatic rings. The lowest BCUT2D eigenvalue weighted by Gasteiger charge is -2.13. The number of nitrogens with two attached hydrogens (primary N) is 1. The van der Waals surface area contributed by atoms with Crippen LogP contribution in [0.5, 0.6) is 0 Å². The van der Waals surface area contributed by atoms with E-state index in [1.165, 1.54) is 0 Å². The summed E-state index contributed by atoms with van der Waals surface area (Å²) >= 11 is 1.55. The molecule has 0 aliphatic heterocycles. The van der Waals surface area contributed by atoms with Crippen LogP contribution in [0.2, 0.25) is 0 Å². The van der Waals surface area contributed by atoms with Gasteiger partial charge in [0.2, 0.25) is 5.91 Å². The molecule has 0 saturated heterocycles. The second-order valence-corrected chi connectivity index (χ2v) is 3.94. The first-order chi connectivity index (χ1) is 7.47. The average Bonchev–Trinajstić information content (AvgIpc) is 2.16. The van der Waals surface area contributed by atoms with Crippen molar-refractivity contribution in [3.63, 3.8) is 0 Å². The van der Waals surface area contributed by atoms with Crippen LogP contribution in [-0.4, -0.2) is 47.6 Å². The Morgan fingerprint density at radius 3 is 2.50 bits per heavy atom. The Labute approximate surface area is 97.1 Å². The van der Waals surface area contributed by atoms with Crippen LogP contribution in [0.1, 0.15) is 6.42 Å². The summed E-state index contributed by atoms with van der Waals surface area (Å²) in [4.78, 5) is 32.4. The fourth-order valence-electron chi connectivity index (χ4n) is 0.877. The van der Waals surface area contributed by atoms with E-state index in [0.29, 0.717) is 6.54 Å². The molecule has 92 valence electrons. The molecule has 0 rings (SSSR count). The van der Waals surface area contributed by atoms with Crippen LogP contribution in [0.25, 0.3) is 0 Å². The Hall–Kier alpha value is -1.44. The van der Waals surface area contributed by atoms with Crippen molar-refractivity contribution in [1.29, 1.82) is 0 Å². The second-order valence-electron chi connectivity index (χ2n) is 2.95. The molecule has 5 N–H and O–H groups in total. The topological polar surface area (TPSA) is 122 Å². The number of nitrogens with one attached hydrogen (secondary N) is 2. The smallest absolute Gasteiger partial charge is 0.326 e. The molecule has 0 aliphatic carbocycles. The van der Waals surface area contributed by atoms with Crippen molar-refractivity contribution in [2.24, 2.45) is 5.73 Å². The number of carboxylic acid groups (broad SMARTS) is 1. The van der Waals surface area contributed by atoms with Crippen LogP contribution >= 0.6 is 11.8 Å². The zero-order valence-corrected chi connectivity index (χ0v) is 9.67. The lowest BCUT2D eigenvalue weighted by molar-refractivity contribution is -0.140. The maximum Gasteiger partial charge on any atom is 0.326 e. The van der Waals surface area contributed by atoms with Crippen LogP contribution in [-0.2, 0) is 9.59 Å². The van der Waals surface area contributed by atoms with Crippen molar-refractivity contribution in [3.8, 4) is 0 Å². The van der Waals surface area contributed by atoms with Gasteiger partial charge in [0.05, 0.1) is 6.42 Å². The Balaban J connectivity index is 4.03. The fourth-order valence-corrected chi connectivity index (χ4v) is 1.18. The summed E-state index contributed by atoms with van der Waals surface area (Å²) in [5.74, 6) is -1.35. The Kier molecular flexibility index (Phi) is 7.10. The second kappa shape index (κ2) is 7.80. The van der Waals surface area contributed by atoms with E-state index in [1.807, 2.05) is 6.26 Å². The van der Waals surface area contributed by atoms with Crippen molar-refractivity contribution >= 4 is 29.7 Å². The molecule has 16 heavy (non-hydrogen) atoms. The number of primary amides is 1. The molecule has 3 amide bonds. The maximum absolute atomic E-state index is 11.2. The lowest BCUT2D eigenvalue weighted by Crippen LogP contribution is -2.48. The van der Waals surface area contributed by atoms with Gasteiger partial charge in [0.1, 0.15) is 6.04 Å². The van der Waals surface area contributed by atoms with Gasteiger partial charge in [-0.15, -0.1) is 0 Å². The monoisotopic (exact) mass is 249 g/mol. The number of rotatable bonds is 7. The summed E-state index contributed by atoms with van der Waals surface area (Å²) < 4.78 is 0. The summed E-state index contributed by atoms with van der Waals surface area (Å²) in [6, 6.07) is -1.91. The Bertz CT molecular complexity index is 272. The molecule has 0 heterocycles. The van der Waals surface area contributed by atoms with E-state index >= 15 is 0 Å². The normalized spacial score (nSPS) is 11.6. The summed E-state index contributed by atoms with van der Waals surface area (Å²) in [6.07, 6.45) is 1.46. The minimum Gasteiger partial charge on any atom is -0.480 e. The SMILES string of the molecule is CSCCNC(=O)N[C@H](CC(N)=O)C(=O)O. The summed E-state index contributed by atoms with van der Waals surface area (Å²) in [5.41, 5.74) is 4.85. The first-order valence-electron chi connectivity index (χ1n) is 4.51. The number of carboxylic acids is 1. The minimum absolute atomic E-state index is 0.425. The Morgan fingerprint density at radius 1 is 1.44 bits per heavy atom. The summed E-state index contributed by atoms with van der Waals surface area (Å²) in [7, 11) is 0.